The maximum Gasteiger partial charge on any atom is 0.226 e. The molecule has 6 nitrogen and oxygen atoms in total. The third kappa shape index (κ3) is 5.45. The van der Waals surface area contributed by atoms with Crippen molar-refractivity contribution in [1.82, 2.24) is 10.0 Å². The smallest absolute Gasteiger partial charge is 0.226 e. The Hall–Kier alpha value is -0.180. The van der Waals surface area contributed by atoms with Crippen LogP contribution in [0.3, 0.4) is 0 Å². The van der Waals surface area contributed by atoms with Crippen LogP contribution in [0.25, 0.3) is 0 Å². The van der Waals surface area contributed by atoms with Gasteiger partial charge in [0.1, 0.15) is 0 Å². The summed E-state index contributed by atoms with van der Waals surface area (Å²) in [6.07, 6.45) is 2.55. The lowest BCUT2D eigenvalue weighted by Gasteiger charge is -2.23. The van der Waals surface area contributed by atoms with Crippen molar-refractivity contribution in [3.63, 3.8) is 0 Å². The zero-order chi connectivity index (χ0) is 11.5. The molecule has 0 radical (unpaired) electrons. The Bertz CT molecular complexity index is 395. The molecule has 1 fully saturated rings. The average Bonchev–Trinajstić information content (AvgIpc) is 1.99. The van der Waals surface area contributed by atoms with Crippen molar-refractivity contribution >= 4 is 19.9 Å². The SMILES string of the molecule is CS(=O)(=O)CS(=O)(=O)NC1CCCNC1. The molecule has 0 amide bonds. The summed E-state index contributed by atoms with van der Waals surface area (Å²) in [4.78, 5) is 0. The van der Waals surface area contributed by atoms with E-state index in [4.69, 9.17) is 0 Å². The summed E-state index contributed by atoms with van der Waals surface area (Å²) < 4.78 is 46.9. The van der Waals surface area contributed by atoms with Gasteiger partial charge in [-0.25, -0.2) is 21.6 Å². The highest BCUT2D eigenvalue weighted by Crippen LogP contribution is 2.04. The molecule has 0 aliphatic carbocycles. The molecule has 90 valence electrons. The van der Waals surface area contributed by atoms with Crippen molar-refractivity contribution in [3.05, 3.63) is 0 Å². The second-order valence-corrected chi connectivity index (χ2v) is 8.08. The second kappa shape index (κ2) is 4.77. The van der Waals surface area contributed by atoms with Crippen molar-refractivity contribution in [2.24, 2.45) is 0 Å². The van der Waals surface area contributed by atoms with Gasteiger partial charge in [0.05, 0.1) is 0 Å². The standard InChI is InChI=1S/C7H16N2O4S2/c1-14(10,11)6-15(12,13)9-7-3-2-4-8-5-7/h7-9H,2-6H2,1H3. The monoisotopic (exact) mass is 256 g/mol. The van der Waals surface area contributed by atoms with Crippen LogP contribution in [0, 0.1) is 0 Å². The van der Waals surface area contributed by atoms with Crippen molar-refractivity contribution in [2.75, 3.05) is 24.4 Å². The first kappa shape index (κ1) is 12.9. The molecule has 1 heterocycles. The lowest BCUT2D eigenvalue weighted by Crippen LogP contribution is -2.46. The molecular formula is C7H16N2O4S2. The zero-order valence-electron chi connectivity index (χ0n) is 8.56. The minimum atomic E-state index is -3.72. The molecule has 1 saturated heterocycles. The first-order chi connectivity index (χ1) is 6.79. The van der Waals surface area contributed by atoms with Crippen LogP contribution in [0.5, 0.6) is 0 Å². The van der Waals surface area contributed by atoms with Crippen LogP contribution in [-0.2, 0) is 19.9 Å². The maximum absolute atomic E-state index is 11.4. The third-order valence-electron chi connectivity index (χ3n) is 2.01. The minimum absolute atomic E-state index is 0.189. The van der Waals surface area contributed by atoms with Crippen LogP contribution in [0.15, 0.2) is 0 Å². The van der Waals surface area contributed by atoms with E-state index >= 15 is 0 Å². The first-order valence-electron chi connectivity index (χ1n) is 4.67. The largest absolute Gasteiger partial charge is 0.315 e. The number of sulfonamides is 1. The summed E-state index contributed by atoms with van der Waals surface area (Å²) in [7, 11) is -7.22. The number of hydrogen-bond acceptors (Lipinski definition) is 5. The molecule has 1 atom stereocenters. The van der Waals surface area contributed by atoms with Crippen molar-refractivity contribution in [3.8, 4) is 0 Å². The van der Waals surface area contributed by atoms with Gasteiger partial charge >= 0.3 is 0 Å². The zero-order valence-corrected chi connectivity index (χ0v) is 10.2. The number of nitrogens with one attached hydrogen (secondary N) is 2. The van der Waals surface area contributed by atoms with Crippen LogP contribution in [0.1, 0.15) is 12.8 Å². The van der Waals surface area contributed by atoms with Gasteiger partial charge in [-0.15, -0.1) is 0 Å². The summed E-state index contributed by atoms with van der Waals surface area (Å²) >= 11 is 0. The fourth-order valence-corrected chi connectivity index (χ4v) is 4.76. The normalized spacial score (nSPS) is 23.9. The Morgan fingerprint density at radius 1 is 1.33 bits per heavy atom. The predicted octanol–water partition coefficient (Wildman–Crippen LogP) is -1.34. The van der Waals surface area contributed by atoms with E-state index in [0.29, 0.717) is 6.54 Å². The maximum atomic E-state index is 11.4. The highest BCUT2D eigenvalue weighted by atomic mass is 32.3. The Morgan fingerprint density at radius 2 is 2.00 bits per heavy atom. The molecule has 1 unspecified atom stereocenters. The second-order valence-electron chi connectivity index (χ2n) is 3.82. The molecule has 0 saturated carbocycles. The molecule has 1 rings (SSSR count). The van der Waals surface area contributed by atoms with Gasteiger partial charge in [0.15, 0.2) is 14.9 Å². The van der Waals surface area contributed by atoms with Crippen LogP contribution >= 0.6 is 0 Å². The van der Waals surface area contributed by atoms with Gasteiger partial charge in [-0.05, 0) is 19.4 Å². The fourth-order valence-electron chi connectivity index (χ4n) is 1.52. The van der Waals surface area contributed by atoms with E-state index in [1.807, 2.05) is 0 Å². The molecule has 0 spiro atoms. The Balaban J connectivity index is 2.56. The van der Waals surface area contributed by atoms with Crippen molar-refractivity contribution < 1.29 is 16.8 Å². The quantitative estimate of drug-likeness (QED) is 0.649. The van der Waals surface area contributed by atoms with Gasteiger partial charge in [0.2, 0.25) is 10.0 Å². The summed E-state index contributed by atoms with van der Waals surface area (Å²) in [5.74, 6) is 0. The van der Waals surface area contributed by atoms with Gasteiger partial charge in [-0.3, -0.25) is 0 Å². The average molecular weight is 256 g/mol. The Kier molecular flexibility index (Phi) is 4.10. The molecule has 0 aromatic rings. The van der Waals surface area contributed by atoms with Crippen molar-refractivity contribution in [1.29, 1.82) is 0 Å². The highest BCUT2D eigenvalue weighted by Gasteiger charge is 2.23. The van der Waals surface area contributed by atoms with Crippen LogP contribution in [0.2, 0.25) is 0 Å². The minimum Gasteiger partial charge on any atom is -0.315 e. The van der Waals surface area contributed by atoms with E-state index in [1.54, 1.807) is 0 Å². The van der Waals surface area contributed by atoms with Crippen LogP contribution in [-0.4, -0.2) is 47.3 Å². The summed E-state index contributed by atoms with van der Waals surface area (Å²) in [6, 6.07) is -0.189. The summed E-state index contributed by atoms with van der Waals surface area (Å²) in [5, 5.41) is 2.21. The molecular weight excluding hydrogens is 240 g/mol. The van der Waals surface area contributed by atoms with E-state index in [9.17, 15) is 16.8 Å². The molecule has 8 heteroatoms. The lowest BCUT2D eigenvalue weighted by atomic mass is 10.1. The van der Waals surface area contributed by atoms with Crippen LogP contribution in [0.4, 0.5) is 0 Å². The number of sulfone groups is 1. The number of piperidine rings is 1. The van der Waals surface area contributed by atoms with E-state index in [-0.39, 0.29) is 6.04 Å². The van der Waals surface area contributed by atoms with E-state index < -0.39 is 24.9 Å². The van der Waals surface area contributed by atoms with Gasteiger partial charge < -0.3 is 5.32 Å². The highest BCUT2D eigenvalue weighted by molar-refractivity contribution is 8.06. The van der Waals surface area contributed by atoms with Crippen molar-refractivity contribution in [2.45, 2.75) is 18.9 Å². The van der Waals surface area contributed by atoms with E-state index in [0.717, 1.165) is 25.6 Å². The predicted molar refractivity (Wildman–Crippen MR) is 57.7 cm³/mol. The Morgan fingerprint density at radius 3 is 2.47 bits per heavy atom. The molecule has 0 aromatic carbocycles. The number of rotatable bonds is 4. The first-order valence-corrected chi connectivity index (χ1v) is 8.38. The Labute approximate surface area is 90.4 Å². The summed E-state index contributed by atoms with van der Waals surface area (Å²) in [6.45, 7) is 1.44. The topological polar surface area (TPSA) is 92.3 Å². The molecule has 15 heavy (non-hydrogen) atoms. The van der Waals surface area contributed by atoms with E-state index in [2.05, 4.69) is 10.0 Å². The number of hydrogen-bond donors (Lipinski definition) is 2. The van der Waals surface area contributed by atoms with Gasteiger partial charge in [0, 0.05) is 18.8 Å². The van der Waals surface area contributed by atoms with Crippen LogP contribution < -0.4 is 10.0 Å². The molecule has 0 aromatic heterocycles. The fraction of sp³-hybridized carbons (Fsp3) is 1.00. The summed E-state index contributed by atoms with van der Waals surface area (Å²) in [5.41, 5.74) is 0. The molecule has 1 aliphatic heterocycles. The van der Waals surface area contributed by atoms with Gasteiger partial charge in [-0.2, -0.15) is 0 Å². The molecule has 1 aliphatic rings. The van der Waals surface area contributed by atoms with Gasteiger partial charge in [0.25, 0.3) is 0 Å². The molecule has 0 bridgehead atoms. The van der Waals surface area contributed by atoms with E-state index in [1.165, 1.54) is 0 Å². The third-order valence-corrected chi connectivity index (χ3v) is 5.66. The lowest BCUT2D eigenvalue weighted by molar-refractivity contribution is 0.429. The molecule has 2 N–H and O–H groups in total. The van der Waals surface area contributed by atoms with Gasteiger partial charge in [-0.1, -0.05) is 0 Å².